The van der Waals surface area contributed by atoms with Gasteiger partial charge in [-0.05, 0) is 39.2 Å². The molecule has 11 heteroatoms. The Morgan fingerprint density at radius 2 is 2.09 bits per heavy atom. The number of anilines is 1. The van der Waals surface area contributed by atoms with Gasteiger partial charge < -0.3 is 15.7 Å². The van der Waals surface area contributed by atoms with Gasteiger partial charge in [-0.15, -0.1) is 0 Å². The van der Waals surface area contributed by atoms with E-state index in [9.17, 15) is 18.7 Å². The molecule has 0 bridgehead atoms. The van der Waals surface area contributed by atoms with Gasteiger partial charge in [0.2, 0.25) is 0 Å². The van der Waals surface area contributed by atoms with Crippen LogP contribution in [-0.2, 0) is 0 Å². The molecule has 1 fully saturated rings. The minimum Gasteiger partial charge on any atom is -0.387 e. The fraction of sp³-hybridized carbons (Fsp3) is 0.435. The van der Waals surface area contributed by atoms with Crippen LogP contribution in [0.5, 0.6) is 0 Å². The van der Waals surface area contributed by atoms with E-state index in [-0.39, 0.29) is 12.1 Å². The van der Waals surface area contributed by atoms with Crippen molar-refractivity contribution in [3.8, 4) is 11.9 Å². The Bertz CT molecular complexity index is 1260. The van der Waals surface area contributed by atoms with Gasteiger partial charge in [0.05, 0.1) is 35.2 Å². The van der Waals surface area contributed by atoms with Gasteiger partial charge in [-0.3, -0.25) is 4.79 Å². The first kappa shape index (κ1) is 23.5. The van der Waals surface area contributed by atoms with Crippen LogP contribution in [-0.4, -0.2) is 61.3 Å². The van der Waals surface area contributed by atoms with Crippen molar-refractivity contribution in [3.05, 3.63) is 41.9 Å². The highest BCUT2D eigenvalue weighted by Gasteiger charge is 2.37. The first-order chi connectivity index (χ1) is 16.1. The highest BCUT2D eigenvalue weighted by molar-refractivity contribution is 5.99. The molecule has 3 N–H and O–H groups in total. The molecule has 1 aliphatic carbocycles. The largest absolute Gasteiger partial charge is 0.387 e. The maximum atomic E-state index is 14.7. The van der Waals surface area contributed by atoms with Gasteiger partial charge >= 0.3 is 0 Å². The molecule has 0 saturated heterocycles. The minimum absolute atomic E-state index is 0.00970. The number of carbonyl (C=O) groups is 1. The van der Waals surface area contributed by atoms with Crippen molar-refractivity contribution in [2.45, 2.75) is 50.6 Å². The average Bonchev–Trinajstić information content (AvgIpc) is 3.22. The van der Waals surface area contributed by atoms with E-state index in [4.69, 9.17) is 5.26 Å². The zero-order valence-corrected chi connectivity index (χ0v) is 18.8. The van der Waals surface area contributed by atoms with Crippen LogP contribution in [0.25, 0.3) is 16.9 Å². The van der Waals surface area contributed by atoms with Crippen LogP contribution >= 0.6 is 0 Å². The molecular weight excluding hydrogens is 444 g/mol. The molecule has 1 saturated carbocycles. The second-order valence-electron chi connectivity index (χ2n) is 9.08. The molecule has 4 rings (SSSR count). The number of alkyl halides is 2. The smallest absolute Gasteiger partial charge is 0.255 e. The lowest BCUT2D eigenvalue weighted by atomic mass is 9.82. The number of pyridine rings is 2. The molecule has 1 atom stereocenters. The van der Waals surface area contributed by atoms with Gasteiger partial charge in [0, 0.05) is 30.4 Å². The van der Waals surface area contributed by atoms with E-state index in [1.165, 1.54) is 30.9 Å². The number of hydrogen-bond acceptors (Lipinski definition) is 7. The summed E-state index contributed by atoms with van der Waals surface area (Å²) in [4.78, 5) is 21.4. The molecule has 0 radical (unpaired) electrons. The monoisotopic (exact) mass is 469 g/mol. The highest BCUT2D eigenvalue weighted by Crippen LogP contribution is 2.36. The van der Waals surface area contributed by atoms with Crippen molar-refractivity contribution in [2.24, 2.45) is 0 Å². The number of hydrogen-bond donors (Lipinski definition) is 3. The van der Waals surface area contributed by atoms with E-state index in [2.05, 4.69) is 25.7 Å². The normalized spacial score (nSPS) is 15.9. The lowest BCUT2D eigenvalue weighted by Gasteiger charge is -2.34. The number of amides is 1. The third-order valence-electron chi connectivity index (χ3n) is 5.94. The van der Waals surface area contributed by atoms with Gasteiger partial charge in [-0.2, -0.15) is 15.0 Å². The lowest BCUT2D eigenvalue weighted by molar-refractivity contribution is -0.00178. The molecule has 34 heavy (non-hydrogen) atoms. The van der Waals surface area contributed by atoms with Crippen molar-refractivity contribution >= 4 is 22.6 Å². The Hall–Kier alpha value is -3.65. The summed E-state index contributed by atoms with van der Waals surface area (Å²) >= 11 is 0. The van der Waals surface area contributed by atoms with Crippen molar-refractivity contribution in [1.82, 2.24) is 25.1 Å². The Labute approximate surface area is 194 Å². The number of halogens is 2. The number of aromatic nitrogens is 4. The average molecular weight is 469 g/mol. The highest BCUT2D eigenvalue weighted by atomic mass is 19.1. The number of nitrogens with one attached hydrogen (secondary N) is 2. The first-order valence-corrected chi connectivity index (χ1v) is 10.9. The lowest BCUT2D eigenvalue weighted by Crippen LogP contribution is -2.42. The van der Waals surface area contributed by atoms with Gasteiger partial charge in [0.15, 0.2) is 11.5 Å². The van der Waals surface area contributed by atoms with E-state index < -0.39 is 29.9 Å². The Balaban J connectivity index is 1.64. The standard InChI is InChI=1S/C23H25F2N7O2/c1-22(2,34)18(24)12-29-21(33)16-11-27-19(7-17(16)30-13-23(25)4-3-5-23)32-20-15(10-31-32)6-14(8-26)9-28-20/h6-7,9-11,18,34H,3-5,12-13H2,1-2H3,(H,27,30)(H,29,33). The van der Waals surface area contributed by atoms with Gasteiger partial charge in [0.25, 0.3) is 5.91 Å². The number of nitrogens with zero attached hydrogens (tertiary/aromatic N) is 5. The minimum atomic E-state index is -1.68. The molecule has 178 valence electrons. The SMILES string of the molecule is CC(C)(O)C(F)CNC(=O)c1cnc(-n2ncc3cc(C#N)cnc32)cc1NCC1(F)CCC1. The summed E-state index contributed by atoms with van der Waals surface area (Å²) in [6.45, 7) is 2.24. The second kappa shape index (κ2) is 8.95. The predicted octanol–water partition coefficient (Wildman–Crippen LogP) is 2.83. The molecule has 3 heterocycles. The zero-order valence-electron chi connectivity index (χ0n) is 18.8. The molecule has 0 aliphatic heterocycles. The summed E-state index contributed by atoms with van der Waals surface area (Å²) in [6.07, 6.45) is 4.25. The summed E-state index contributed by atoms with van der Waals surface area (Å²) in [7, 11) is 0. The molecule has 1 aliphatic rings. The van der Waals surface area contributed by atoms with Gasteiger partial charge in [-0.25, -0.2) is 18.7 Å². The van der Waals surface area contributed by atoms with E-state index in [1.807, 2.05) is 6.07 Å². The third-order valence-corrected chi connectivity index (χ3v) is 5.94. The fourth-order valence-corrected chi connectivity index (χ4v) is 3.56. The van der Waals surface area contributed by atoms with Crippen molar-refractivity contribution in [2.75, 3.05) is 18.4 Å². The number of aliphatic hydroxyl groups is 1. The molecule has 1 unspecified atom stereocenters. The first-order valence-electron chi connectivity index (χ1n) is 10.9. The zero-order chi connectivity index (χ0) is 24.5. The number of rotatable bonds is 8. The second-order valence-corrected chi connectivity index (χ2v) is 9.08. The summed E-state index contributed by atoms with van der Waals surface area (Å²) in [5, 5.41) is 29.2. The van der Waals surface area contributed by atoms with E-state index >= 15 is 0 Å². The van der Waals surface area contributed by atoms with Crippen LogP contribution in [0.4, 0.5) is 14.5 Å². The maximum Gasteiger partial charge on any atom is 0.255 e. The molecule has 0 spiro atoms. The number of nitriles is 1. The van der Waals surface area contributed by atoms with E-state index in [1.54, 1.807) is 18.3 Å². The fourth-order valence-electron chi connectivity index (χ4n) is 3.56. The summed E-state index contributed by atoms with van der Waals surface area (Å²) < 4.78 is 30.2. The summed E-state index contributed by atoms with van der Waals surface area (Å²) in [5.74, 6) is -0.287. The van der Waals surface area contributed by atoms with Crippen molar-refractivity contribution < 1.29 is 18.7 Å². The summed E-state index contributed by atoms with van der Waals surface area (Å²) in [5.41, 5.74) is -1.70. The summed E-state index contributed by atoms with van der Waals surface area (Å²) in [6, 6.07) is 5.21. The molecule has 3 aromatic rings. The Morgan fingerprint density at radius 3 is 2.74 bits per heavy atom. The Morgan fingerprint density at radius 1 is 1.32 bits per heavy atom. The van der Waals surface area contributed by atoms with Crippen LogP contribution in [0.15, 0.2) is 30.7 Å². The molecule has 9 nitrogen and oxygen atoms in total. The van der Waals surface area contributed by atoms with Crippen LogP contribution < -0.4 is 10.6 Å². The van der Waals surface area contributed by atoms with Crippen molar-refractivity contribution in [1.29, 1.82) is 5.26 Å². The molecular formula is C23H25F2N7O2. The predicted molar refractivity (Wildman–Crippen MR) is 121 cm³/mol. The number of fused-ring (bicyclic) bond motifs is 1. The molecule has 3 aromatic heterocycles. The van der Waals surface area contributed by atoms with Crippen LogP contribution in [0.3, 0.4) is 0 Å². The van der Waals surface area contributed by atoms with Gasteiger partial charge in [0.1, 0.15) is 17.9 Å². The van der Waals surface area contributed by atoms with Crippen LogP contribution in [0.1, 0.15) is 49.0 Å². The van der Waals surface area contributed by atoms with Gasteiger partial charge in [-0.1, -0.05) is 0 Å². The Kier molecular flexibility index (Phi) is 6.18. The van der Waals surface area contributed by atoms with Crippen LogP contribution in [0, 0.1) is 11.3 Å². The topological polar surface area (TPSA) is 129 Å². The number of carbonyl (C=O) groups excluding carboxylic acids is 1. The van der Waals surface area contributed by atoms with E-state index in [0.29, 0.717) is 40.9 Å². The molecule has 1 amide bonds. The third kappa shape index (κ3) is 4.82. The van der Waals surface area contributed by atoms with Crippen molar-refractivity contribution in [3.63, 3.8) is 0 Å². The quantitative estimate of drug-likeness (QED) is 0.463. The molecule has 0 aromatic carbocycles. The van der Waals surface area contributed by atoms with Crippen LogP contribution in [0.2, 0.25) is 0 Å². The van der Waals surface area contributed by atoms with E-state index in [0.717, 1.165) is 6.42 Å². The maximum absolute atomic E-state index is 14.7.